The first-order valence-electron chi connectivity index (χ1n) is 9.10. The maximum atomic E-state index is 5.84. The predicted molar refractivity (Wildman–Crippen MR) is 102 cm³/mol. The number of benzene rings is 1. The molecule has 2 aromatic rings. The fourth-order valence-electron chi connectivity index (χ4n) is 4.09. The summed E-state index contributed by atoms with van der Waals surface area (Å²) in [5, 5.41) is 4.58. The molecule has 1 aromatic carbocycles. The Hall–Kier alpha value is -1.81. The predicted octanol–water partition coefficient (Wildman–Crippen LogP) is 4.10. The van der Waals surface area contributed by atoms with Crippen LogP contribution >= 0.6 is 12.2 Å². The molecule has 4 heteroatoms. The molecule has 1 fully saturated rings. The average Bonchev–Trinajstić information content (AvgIpc) is 3.11. The minimum atomic E-state index is 0.207. The minimum Gasteiger partial charge on any atom is -0.360 e. The lowest BCUT2D eigenvalue weighted by atomic mass is 9.95. The topological polar surface area (TPSA) is 20.2 Å². The SMILES string of the molecule is S=C(NC1CCCCC1)N1CCn2cccc2[C@@H]1c1ccccc1. The van der Waals surface area contributed by atoms with Gasteiger partial charge in [-0.25, -0.2) is 0 Å². The molecule has 1 saturated carbocycles. The van der Waals surface area contributed by atoms with E-state index in [0.29, 0.717) is 6.04 Å². The highest BCUT2D eigenvalue weighted by Crippen LogP contribution is 2.32. The van der Waals surface area contributed by atoms with Crippen LogP contribution in [0.3, 0.4) is 0 Å². The van der Waals surface area contributed by atoms with Gasteiger partial charge in [0.15, 0.2) is 5.11 Å². The number of nitrogens with one attached hydrogen (secondary N) is 1. The summed E-state index contributed by atoms with van der Waals surface area (Å²) in [6.45, 7) is 1.96. The van der Waals surface area contributed by atoms with Gasteiger partial charge in [-0.2, -0.15) is 0 Å². The molecule has 0 bridgehead atoms. The van der Waals surface area contributed by atoms with Crippen molar-refractivity contribution >= 4 is 17.3 Å². The van der Waals surface area contributed by atoms with Crippen LogP contribution in [0, 0.1) is 0 Å². The molecule has 1 aliphatic carbocycles. The minimum absolute atomic E-state index is 0.207. The van der Waals surface area contributed by atoms with E-state index >= 15 is 0 Å². The van der Waals surface area contributed by atoms with Crippen molar-refractivity contribution < 1.29 is 0 Å². The highest BCUT2D eigenvalue weighted by Gasteiger charge is 2.31. The zero-order valence-electron chi connectivity index (χ0n) is 14.0. The summed E-state index contributed by atoms with van der Waals surface area (Å²) in [5.41, 5.74) is 2.64. The molecule has 0 spiro atoms. The third-order valence-electron chi connectivity index (χ3n) is 5.35. The van der Waals surface area contributed by atoms with Crippen molar-refractivity contribution in [2.75, 3.05) is 6.54 Å². The summed E-state index contributed by atoms with van der Waals surface area (Å²) in [7, 11) is 0. The molecule has 1 N–H and O–H groups in total. The van der Waals surface area contributed by atoms with Crippen LogP contribution in [-0.2, 0) is 6.54 Å². The second kappa shape index (κ2) is 6.98. The van der Waals surface area contributed by atoms with Crippen molar-refractivity contribution in [3.8, 4) is 0 Å². The van der Waals surface area contributed by atoms with Crippen LogP contribution in [0.25, 0.3) is 0 Å². The maximum Gasteiger partial charge on any atom is 0.170 e. The van der Waals surface area contributed by atoms with Gasteiger partial charge in [-0.3, -0.25) is 0 Å². The lowest BCUT2D eigenvalue weighted by Gasteiger charge is -2.40. The Balaban J connectivity index is 1.60. The molecule has 126 valence electrons. The monoisotopic (exact) mass is 339 g/mol. The Morgan fingerprint density at radius 2 is 1.75 bits per heavy atom. The van der Waals surface area contributed by atoms with E-state index in [1.165, 1.54) is 43.4 Å². The Morgan fingerprint density at radius 1 is 0.958 bits per heavy atom. The van der Waals surface area contributed by atoms with E-state index in [2.05, 4.69) is 63.4 Å². The van der Waals surface area contributed by atoms with Gasteiger partial charge in [0.2, 0.25) is 0 Å². The summed E-state index contributed by atoms with van der Waals surface area (Å²) in [4.78, 5) is 2.38. The molecular weight excluding hydrogens is 314 g/mol. The van der Waals surface area contributed by atoms with E-state index < -0.39 is 0 Å². The standard InChI is InChI=1S/C20H25N3S/c24-20(21-17-10-5-2-6-11-17)23-15-14-22-13-7-12-18(22)19(23)16-8-3-1-4-9-16/h1,3-4,7-9,12-13,17,19H,2,5-6,10-11,14-15H2,(H,21,24)/t19-/m0/s1. The van der Waals surface area contributed by atoms with E-state index in [9.17, 15) is 0 Å². The fraction of sp³-hybridized carbons (Fsp3) is 0.450. The highest BCUT2D eigenvalue weighted by molar-refractivity contribution is 7.80. The van der Waals surface area contributed by atoms with E-state index in [0.717, 1.165) is 18.2 Å². The molecule has 1 aromatic heterocycles. The van der Waals surface area contributed by atoms with Gasteiger partial charge in [-0.05, 0) is 42.8 Å². The number of rotatable bonds is 2. The highest BCUT2D eigenvalue weighted by atomic mass is 32.1. The van der Waals surface area contributed by atoms with E-state index in [1.54, 1.807) is 0 Å². The third-order valence-corrected chi connectivity index (χ3v) is 5.70. The normalized spacial score (nSPS) is 21.3. The number of hydrogen-bond donors (Lipinski definition) is 1. The van der Waals surface area contributed by atoms with Crippen molar-refractivity contribution in [3.05, 3.63) is 59.9 Å². The van der Waals surface area contributed by atoms with Gasteiger partial charge in [0.25, 0.3) is 0 Å². The van der Waals surface area contributed by atoms with Crippen LogP contribution in [0.15, 0.2) is 48.7 Å². The van der Waals surface area contributed by atoms with Crippen molar-refractivity contribution in [3.63, 3.8) is 0 Å². The van der Waals surface area contributed by atoms with Crippen LogP contribution in [0.4, 0.5) is 0 Å². The number of aromatic nitrogens is 1. The van der Waals surface area contributed by atoms with Crippen molar-refractivity contribution in [1.29, 1.82) is 0 Å². The van der Waals surface area contributed by atoms with E-state index in [1.807, 2.05) is 0 Å². The van der Waals surface area contributed by atoms with Gasteiger partial charge in [-0.15, -0.1) is 0 Å². The van der Waals surface area contributed by atoms with Gasteiger partial charge in [0, 0.05) is 31.0 Å². The molecular formula is C20H25N3S. The van der Waals surface area contributed by atoms with Crippen LogP contribution in [0.2, 0.25) is 0 Å². The van der Waals surface area contributed by atoms with Gasteiger partial charge in [0.1, 0.15) is 0 Å². The lowest BCUT2D eigenvalue weighted by Crippen LogP contribution is -2.50. The lowest BCUT2D eigenvalue weighted by molar-refractivity contribution is 0.278. The second-order valence-corrected chi connectivity index (χ2v) is 7.30. The first-order valence-corrected chi connectivity index (χ1v) is 9.51. The van der Waals surface area contributed by atoms with Gasteiger partial charge < -0.3 is 14.8 Å². The van der Waals surface area contributed by atoms with Crippen LogP contribution in [0.5, 0.6) is 0 Å². The molecule has 2 aliphatic rings. The zero-order valence-corrected chi connectivity index (χ0v) is 14.8. The Labute approximate surface area is 149 Å². The molecule has 0 amide bonds. The van der Waals surface area contributed by atoms with Gasteiger partial charge in [0.05, 0.1) is 6.04 Å². The Morgan fingerprint density at radius 3 is 2.54 bits per heavy atom. The molecule has 4 rings (SSSR count). The molecule has 1 atom stereocenters. The van der Waals surface area contributed by atoms with Gasteiger partial charge >= 0.3 is 0 Å². The summed E-state index contributed by atoms with van der Waals surface area (Å²) >= 11 is 5.84. The van der Waals surface area contributed by atoms with Crippen molar-refractivity contribution in [2.45, 2.75) is 50.7 Å². The number of fused-ring (bicyclic) bond motifs is 1. The maximum absolute atomic E-state index is 5.84. The Kier molecular flexibility index (Phi) is 4.56. The largest absolute Gasteiger partial charge is 0.360 e. The molecule has 24 heavy (non-hydrogen) atoms. The van der Waals surface area contributed by atoms with Gasteiger partial charge in [-0.1, -0.05) is 49.6 Å². The van der Waals surface area contributed by atoms with Crippen molar-refractivity contribution in [1.82, 2.24) is 14.8 Å². The number of hydrogen-bond acceptors (Lipinski definition) is 1. The quantitative estimate of drug-likeness (QED) is 0.832. The molecule has 3 nitrogen and oxygen atoms in total. The Bertz CT molecular complexity index is 688. The molecule has 0 radical (unpaired) electrons. The summed E-state index contributed by atoms with van der Waals surface area (Å²) in [5.74, 6) is 0. The van der Waals surface area contributed by atoms with Crippen molar-refractivity contribution in [2.24, 2.45) is 0 Å². The second-order valence-electron chi connectivity index (χ2n) is 6.92. The van der Waals surface area contributed by atoms with Crippen LogP contribution in [-0.4, -0.2) is 27.2 Å². The average molecular weight is 340 g/mol. The molecule has 1 aliphatic heterocycles. The number of thiocarbonyl (C=S) groups is 1. The first kappa shape index (κ1) is 15.7. The smallest absolute Gasteiger partial charge is 0.170 e. The van der Waals surface area contributed by atoms with Crippen LogP contribution < -0.4 is 5.32 Å². The molecule has 0 unspecified atom stereocenters. The third kappa shape index (κ3) is 3.07. The summed E-state index contributed by atoms with van der Waals surface area (Å²) in [6.07, 6.45) is 8.70. The molecule has 0 saturated heterocycles. The first-order chi connectivity index (χ1) is 11.8. The summed E-state index contributed by atoms with van der Waals surface area (Å²) < 4.78 is 2.36. The van der Waals surface area contributed by atoms with Crippen LogP contribution in [0.1, 0.15) is 49.4 Å². The summed E-state index contributed by atoms with van der Waals surface area (Å²) in [6, 6.07) is 15.9. The zero-order chi connectivity index (χ0) is 16.4. The van der Waals surface area contributed by atoms with E-state index in [4.69, 9.17) is 12.2 Å². The fourth-order valence-corrected chi connectivity index (χ4v) is 4.46. The number of nitrogens with zero attached hydrogens (tertiary/aromatic N) is 2. The van der Waals surface area contributed by atoms with E-state index in [-0.39, 0.29) is 6.04 Å². The molecule has 2 heterocycles.